The molecular formula is C15H26N2O2S2. The Morgan fingerprint density at radius 3 is 2.76 bits per heavy atom. The van der Waals surface area contributed by atoms with Crippen molar-refractivity contribution in [1.82, 2.24) is 9.62 Å². The fourth-order valence-electron chi connectivity index (χ4n) is 3.13. The average molecular weight is 331 g/mol. The summed E-state index contributed by atoms with van der Waals surface area (Å²) in [5, 5.41) is 3.08. The van der Waals surface area contributed by atoms with Gasteiger partial charge in [0.05, 0.1) is 4.90 Å². The Morgan fingerprint density at radius 1 is 1.43 bits per heavy atom. The van der Waals surface area contributed by atoms with Gasteiger partial charge in [0.2, 0.25) is 10.0 Å². The fraction of sp³-hybridized carbons (Fsp3) is 0.733. The predicted molar refractivity (Wildman–Crippen MR) is 88.2 cm³/mol. The van der Waals surface area contributed by atoms with E-state index in [1.165, 1.54) is 6.42 Å². The molecule has 1 N–H and O–H groups in total. The van der Waals surface area contributed by atoms with Gasteiger partial charge in [-0.1, -0.05) is 19.8 Å². The molecule has 2 unspecified atom stereocenters. The van der Waals surface area contributed by atoms with E-state index in [-0.39, 0.29) is 6.04 Å². The Balaban J connectivity index is 2.24. The molecule has 0 aromatic carbocycles. The highest BCUT2D eigenvalue weighted by Crippen LogP contribution is 2.33. The molecule has 4 nitrogen and oxygen atoms in total. The molecule has 0 spiro atoms. The largest absolute Gasteiger partial charge is 0.315 e. The molecule has 1 aromatic rings. The second-order valence-electron chi connectivity index (χ2n) is 6.11. The summed E-state index contributed by atoms with van der Waals surface area (Å²) in [6, 6.07) is 1.97. The van der Waals surface area contributed by atoms with Crippen LogP contribution in [-0.2, 0) is 16.6 Å². The Bertz CT molecular complexity index is 580. The van der Waals surface area contributed by atoms with Crippen LogP contribution in [0.4, 0.5) is 0 Å². The Hall–Kier alpha value is -0.430. The lowest BCUT2D eigenvalue weighted by Crippen LogP contribution is -2.39. The van der Waals surface area contributed by atoms with Crippen molar-refractivity contribution >= 4 is 21.4 Å². The summed E-state index contributed by atoms with van der Waals surface area (Å²) in [5.41, 5.74) is 0. The van der Waals surface area contributed by atoms with Crippen LogP contribution in [0.2, 0.25) is 0 Å². The van der Waals surface area contributed by atoms with Crippen molar-refractivity contribution in [2.45, 2.75) is 57.0 Å². The van der Waals surface area contributed by atoms with Crippen LogP contribution >= 0.6 is 11.3 Å². The zero-order valence-electron chi connectivity index (χ0n) is 13.3. The van der Waals surface area contributed by atoms with Crippen molar-refractivity contribution in [3.8, 4) is 0 Å². The lowest BCUT2D eigenvalue weighted by atomic mass is 9.87. The highest BCUT2D eigenvalue weighted by Gasteiger charge is 2.32. The lowest BCUT2D eigenvalue weighted by Gasteiger charge is -2.33. The van der Waals surface area contributed by atoms with Gasteiger partial charge >= 0.3 is 0 Å². The van der Waals surface area contributed by atoms with Gasteiger partial charge in [0, 0.05) is 29.4 Å². The summed E-state index contributed by atoms with van der Waals surface area (Å²) in [6.45, 7) is 4.83. The summed E-state index contributed by atoms with van der Waals surface area (Å²) in [5.74, 6) is 0.616. The molecule has 120 valence electrons. The van der Waals surface area contributed by atoms with Crippen LogP contribution in [0.5, 0.6) is 0 Å². The maximum absolute atomic E-state index is 12.9. The molecule has 0 radical (unpaired) electrons. The second kappa shape index (κ2) is 6.77. The first kappa shape index (κ1) is 16.9. The summed E-state index contributed by atoms with van der Waals surface area (Å²) in [6.07, 6.45) is 4.29. The van der Waals surface area contributed by atoms with E-state index in [2.05, 4.69) is 12.2 Å². The molecule has 2 rings (SSSR count). The smallest absolute Gasteiger partial charge is 0.244 e. The van der Waals surface area contributed by atoms with Crippen molar-refractivity contribution in [2.75, 3.05) is 14.1 Å². The third kappa shape index (κ3) is 3.67. The van der Waals surface area contributed by atoms with E-state index in [0.717, 1.165) is 29.0 Å². The molecule has 0 aliphatic heterocycles. The molecular weight excluding hydrogens is 304 g/mol. The summed E-state index contributed by atoms with van der Waals surface area (Å²) >= 11 is 1.56. The van der Waals surface area contributed by atoms with Gasteiger partial charge < -0.3 is 5.32 Å². The zero-order valence-corrected chi connectivity index (χ0v) is 15.0. The van der Waals surface area contributed by atoms with E-state index in [9.17, 15) is 8.42 Å². The Morgan fingerprint density at radius 2 is 2.14 bits per heavy atom. The SMILES string of the molecule is CNCc1cc(S(=O)(=O)N(C)C2CCCC(C)C2)c(C)s1. The molecule has 1 saturated carbocycles. The first-order valence-electron chi connectivity index (χ1n) is 7.58. The molecule has 1 aliphatic carbocycles. The van der Waals surface area contributed by atoms with Gasteiger partial charge in [-0.15, -0.1) is 11.3 Å². The molecule has 2 atom stereocenters. The van der Waals surface area contributed by atoms with E-state index >= 15 is 0 Å². The highest BCUT2D eigenvalue weighted by atomic mass is 32.2. The van der Waals surface area contributed by atoms with E-state index < -0.39 is 10.0 Å². The third-order valence-corrected chi connectivity index (χ3v) is 7.57. The standard InChI is InChI=1S/C15H26N2O2S2/c1-11-6-5-7-13(8-11)17(4)21(18,19)15-9-14(10-16-3)20-12(15)2/h9,11,13,16H,5-8,10H2,1-4H3. The quantitative estimate of drug-likeness (QED) is 0.903. The van der Waals surface area contributed by atoms with Crippen LogP contribution < -0.4 is 5.32 Å². The van der Waals surface area contributed by atoms with Gasteiger partial charge in [-0.25, -0.2) is 8.42 Å². The van der Waals surface area contributed by atoms with Crippen LogP contribution in [0.15, 0.2) is 11.0 Å². The van der Waals surface area contributed by atoms with Crippen molar-refractivity contribution in [2.24, 2.45) is 5.92 Å². The monoisotopic (exact) mass is 330 g/mol. The van der Waals surface area contributed by atoms with Gasteiger partial charge in [0.1, 0.15) is 0 Å². The molecule has 1 fully saturated rings. The van der Waals surface area contributed by atoms with Crippen LogP contribution in [0, 0.1) is 12.8 Å². The van der Waals surface area contributed by atoms with E-state index in [1.54, 1.807) is 22.7 Å². The summed E-state index contributed by atoms with van der Waals surface area (Å²) in [4.78, 5) is 2.44. The van der Waals surface area contributed by atoms with E-state index in [1.807, 2.05) is 20.0 Å². The van der Waals surface area contributed by atoms with Crippen LogP contribution in [0.3, 0.4) is 0 Å². The molecule has 6 heteroatoms. The zero-order chi connectivity index (χ0) is 15.6. The van der Waals surface area contributed by atoms with Gasteiger partial charge in [0.15, 0.2) is 0 Å². The minimum absolute atomic E-state index is 0.144. The van der Waals surface area contributed by atoms with Gasteiger partial charge in [-0.05, 0) is 38.8 Å². The minimum Gasteiger partial charge on any atom is -0.315 e. The number of nitrogens with one attached hydrogen (secondary N) is 1. The van der Waals surface area contributed by atoms with Crippen molar-refractivity contribution in [3.63, 3.8) is 0 Å². The second-order valence-corrected chi connectivity index (χ2v) is 9.42. The molecule has 0 amide bonds. The van der Waals surface area contributed by atoms with Gasteiger partial charge in [-0.3, -0.25) is 0 Å². The first-order chi connectivity index (χ1) is 9.86. The maximum atomic E-state index is 12.9. The minimum atomic E-state index is -3.37. The molecule has 0 saturated heterocycles. The van der Waals surface area contributed by atoms with Crippen molar-refractivity contribution in [3.05, 3.63) is 15.8 Å². The fourth-order valence-corrected chi connectivity index (χ4v) is 6.14. The average Bonchev–Trinajstić information content (AvgIpc) is 2.80. The molecule has 1 aromatic heterocycles. The Labute approximate surface area is 132 Å². The third-order valence-electron chi connectivity index (χ3n) is 4.35. The maximum Gasteiger partial charge on any atom is 0.244 e. The highest BCUT2D eigenvalue weighted by molar-refractivity contribution is 7.89. The first-order valence-corrected chi connectivity index (χ1v) is 9.84. The summed E-state index contributed by atoms with van der Waals surface area (Å²) < 4.78 is 27.4. The number of rotatable bonds is 5. The van der Waals surface area contributed by atoms with Gasteiger partial charge in [0.25, 0.3) is 0 Å². The van der Waals surface area contributed by atoms with Crippen molar-refractivity contribution < 1.29 is 8.42 Å². The lowest BCUT2D eigenvalue weighted by molar-refractivity contribution is 0.239. The topological polar surface area (TPSA) is 49.4 Å². The van der Waals surface area contributed by atoms with Crippen LogP contribution in [0.1, 0.15) is 42.4 Å². The van der Waals surface area contributed by atoms with Crippen molar-refractivity contribution in [1.29, 1.82) is 0 Å². The number of hydrogen-bond donors (Lipinski definition) is 1. The number of sulfonamides is 1. The molecule has 1 heterocycles. The number of nitrogens with zero attached hydrogens (tertiary/aromatic N) is 1. The van der Waals surface area contributed by atoms with Crippen LogP contribution in [-0.4, -0.2) is 32.9 Å². The molecule has 21 heavy (non-hydrogen) atoms. The summed E-state index contributed by atoms with van der Waals surface area (Å²) in [7, 11) is 0.243. The normalized spacial score (nSPS) is 23.7. The van der Waals surface area contributed by atoms with Gasteiger partial charge in [-0.2, -0.15) is 4.31 Å². The number of hydrogen-bond acceptors (Lipinski definition) is 4. The predicted octanol–water partition coefficient (Wildman–Crippen LogP) is 2.98. The number of thiophene rings is 1. The molecule has 0 bridgehead atoms. The Kier molecular flexibility index (Phi) is 5.46. The van der Waals surface area contributed by atoms with Crippen LogP contribution in [0.25, 0.3) is 0 Å². The van der Waals surface area contributed by atoms with E-state index in [4.69, 9.17) is 0 Å². The van der Waals surface area contributed by atoms with E-state index in [0.29, 0.717) is 17.4 Å². The number of aryl methyl sites for hydroxylation is 1. The molecule has 1 aliphatic rings.